The standard InChI is InChI=1S/C16H17N5O3S2/c1-21(2)26(23,24)12-5-3-4-10(8-12)17-16(25)18-11-6-7-13-14(9-11)20-15(22)19-13/h3-9H,1-2H3,(H2,17,18,25)(H2,19,20,22). The zero-order chi connectivity index (χ0) is 18.9. The molecular weight excluding hydrogens is 374 g/mol. The molecule has 0 unspecified atom stereocenters. The van der Waals surface area contributed by atoms with Gasteiger partial charge in [-0.15, -0.1) is 0 Å². The minimum absolute atomic E-state index is 0.168. The Balaban J connectivity index is 1.76. The second-order valence-corrected chi connectivity index (χ2v) is 8.29. The Morgan fingerprint density at radius 3 is 2.35 bits per heavy atom. The molecule has 3 aromatic rings. The molecular formula is C16H17N5O3S2. The lowest BCUT2D eigenvalue weighted by atomic mass is 10.3. The average molecular weight is 391 g/mol. The SMILES string of the molecule is CN(C)S(=O)(=O)c1cccc(NC(=S)Nc2ccc3[nH]c(=O)[nH]c3c2)c1. The van der Waals surface area contributed by atoms with Crippen LogP contribution in [-0.2, 0) is 10.0 Å². The number of rotatable bonds is 4. The molecule has 0 amide bonds. The number of thiocarbonyl (C=S) groups is 1. The van der Waals surface area contributed by atoms with Gasteiger partial charge in [0.25, 0.3) is 0 Å². The van der Waals surface area contributed by atoms with E-state index in [-0.39, 0.29) is 10.6 Å². The van der Waals surface area contributed by atoms with Crippen LogP contribution in [0.3, 0.4) is 0 Å². The summed E-state index contributed by atoms with van der Waals surface area (Å²) in [6, 6.07) is 11.7. The molecule has 0 radical (unpaired) electrons. The third-order valence-electron chi connectivity index (χ3n) is 3.64. The van der Waals surface area contributed by atoms with Gasteiger partial charge in [-0.2, -0.15) is 0 Å². The van der Waals surface area contributed by atoms with Crippen LogP contribution in [-0.4, -0.2) is 41.9 Å². The van der Waals surface area contributed by atoms with Crippen LogP contribution < -0.4 is 16.3 Å². The maximum atomic E-state index is 12.2. The number of hydrogen-bond acceptors (Lipinski definition) is 4. The van der Waals surface area contributed by atoms with E-state index in [1.165, 1.54) is 26.2 Å². The summed E-state index contributed by atoms with van der Waals surface area (Å²) in [5.41, 5.74) is 2.29. The van der Waals surface area contributed by atoms with Gasteiger partial charge in [0.1, 0.15) is 0 Å². The average Bonchev–Trinajstić information content (AvgIpc) is 2.94. The van der Waals surface area contributed by atoms with E-state index in [2.05, 4.69) is 20.6 Å². The number of benzene rings is 2. The van der Waals surface area contributed by atoms with Crippen LogP contribution in [0.1, 0.15) is 0 Å². The van der Waals surface area contributed by atoms with Crippen LogP contribution in [0.15, 0.2) is 52.2 Å². The Morgan fingerprint density at radius 1 is 1.00 bits per heavy atom. The number of nitrogens with zero attached hydrogens (tertiary/aromatic N) is 1. The van der Waals surface area contributed by atoms with Gasteiger partial charge in [0, 0.05) is 25.5 Å². The first-order valence-corrected chi connectivity index (χ1v) is 9.43. The second-order valence-electron chi connectivity index (χ2n) is 5.73. The van der Waals surface area contributed by atoms with Gasteiger partial charge in [0.05, 0.1) is 15.9 Å². The predicted molar refractivity (Wildman–Crippen MR) is 106 cm³/mol. The summed E-state index contributed by atoms with van der Waals surface area (Å²) >= 11 is 5.27. The summed E-state index contributed by atoms with van der Waals surface area (Å²) in [5.74, 6) is 0. The minimum Gasteiger partial charge on any atom is -0.332 e. The largest absolute Gasteiger partial charge is 0.332 e. The Kier molecular flexibility index (Phi) is 4.81. The van der Waals surface area contributed by atoms with Crippen molar-refractivity contribution >= 4 is 49.8 Å². The van der Waals surface area contributed by atoms with Gasteiger partial charge in [-0.1, -0.05) is 6.07 Å². The number of H-pyrrole nitrogens is 2. The summed E-state index contributed by atoms with van der Waals surface area (Å²) in [4.78, 5) is 16.8. The molecule has 0 aliphatic heterocycles. The van der Waals surface area contributed by atoms with Crippen molar-refractivity contribution in [2.24, 2.45) is 0 Å². The lowest BCUT2D eigenvalue weighted by Crippen LogP contribution is -2.23. The molecule has 0 fully saturated rings. The van der Waals surface area contributed by atoms with Gasteiger partial charge in [-0.05, 0) is 48.6 Å². The van der Waals surface area contributed by atoms with Crippen molar-refractivity contribution in [2.45, 2.75) is 4.90 Å². The van der Waals surface area contributed by atoms with Gasteiger partial charge in [0.15, 0.2) is 5.11 Å². The Morgan fingerprint density at radius 2 is 1.65 bits per heavy atom. The zero-order valence-electron chi connectivity index (χ0n) is 14.0. The number of aromatic amines is 2. The van der Waals surface area contributed by atoms with Crippen LogP contribution >= 0.6 is 12.2 Å². The number of sulfonamides is 1. The van der Waals surface area contributed by atoms with E-state index in [1.807, 2.05) is 0 Å². The van der Waals surface area contributed by atoms with Crippen molar-refractivity contribution in [3.05, 3.63) is 52.9 Å². The molecule has 4 N–H and O–H groups in total. The molecule has 0 atom stereocenters. The fourth-order valence-corrected chi connectivity index (χ4v) is 3.53. The number of hydrogen-bond donors (Lipinski definition) is 4. The highest BCUT2D eigenvalue weighted by Gasteiger charge is 2.17. The van der Waals surface area contributed by atoms with Gasteiger partial charge >= 0.3 is 5.69 Å². The minimum atomic E-state index is -3.52. The molecule has 136 valence electrons. The van der Waals surface area contributed by atoms with Crippen LogP contribution in [0.2, 0.25) is 0 Å². The lowest BCUT2D eigenvalue weighted by Gasteiger charge is -2.14. The molecule has 0 saturated carbocycles. The molecule has 1 heterocycles. The van der Waals surface area contributed by atoms with E-state index in [1.54, 1.807) is 30.3 Å². The quantitative estimate of drug-likeness (QED) is 0.506. The molecule has 0 aliphatic carbocycles. The first-order chi connectivity index (χ1) is 12.3. The number of imidazole rings is 1. The Hall–Kier alpha value is -2.69. The van der Waals surface area contributed by atoms with Gasteiger partial charge in [-0.25, -0.2) is 17.5 Å². The third kappa shape index (κ3) is 3.77. The molecule has 10 heteroatoms. The predicted octanol–water partition coefficient (Wildman–Crippen LogP) is 1.92. The molecule has 0 bridgehead atoms. The monoisotopic (exact) mass is 391 g/mol. The van der Waals surface area contributed by atoms with E-state index in [9.17, 15) is 13.2 Å². The van der Waals surface area contributed by atoms with Gasteiger partial charge in [-0.3, -0.25) is 0 Å². The highest BCUT2D eigenvalue weighted by molar-refractivity contribution is 7.89. The Labute approximate surface area is 155 Å². The van der Waals surface area contributed by atoms with Crippen molar-refractivity contribution in [1.82, 2.24) is 14.3 Å². The molecule has 0 saturated heterocycles. The van der Waals surface area contributed by atoms with Crippen molar-refractivity contribution in [1.29, 1.82) is 0 Å². The number of nitrogens with one attached hydrogen (secondary N) is 4. The summed E-state index contributed by atoms with van der Waals surface area (Å²) in [6.45, 7) is 0. The van der Waals surface area contributed by atoms with Crippen molar-refractivity contribution < 1.29 is 8.42 Å². The normalized spacial score (nSPS) is 11.7. The van der Waals surface area contributed by atoms with Crippen molar-refractivity contribution in [3.63, 3.8) is 0 Å². The number of aromatic nitrogens is 2. The molecule has 1 aromatic heterocycles. The van der Waals surface area contributed by atoms with Crippen molar-refractivity contribution in [2.75, 3.05) is 24.7 Å². The van der Waals surface area contributed by atoms with Crippen LogP contribution in [0.4, 0.5) is 11.4 Å². The second kappa shape index (κ2) is 6.90. The summed E-state index contributed by atoms with van der Waals surface area (Å²) < 4.78 is 25.6. The first-order valence-electron chi connectivity index (χ1n) is 7.58. The molecule has 0 aliphatic rings. The van der Waals surface area contributed by atoms with E-state index >= 15 is 0 Å². The van der Waals surface area contributed by atoms with Crippen molar-refractivity contribution in [3.8, 4) is 0 Å². The highest BCUT2D eigenvalue weighted by atomic mass is 32.2. The Bertz CT molecular complexity index is 1130. The first kappa shape index (κ1) is 18.1. The fraction of sp³-hybridized carbons (Fsp3) is 0.125. The maximum absolute atomic E-state index is 12.2. The fourth-order valence-electron chi connectivity index (χ4n) is 2.35. The van der Waals surface area contributed by atoms with Gasteiger partial charge < -0.3 is 20.6 Å². The van der Waals surface area contributed by atoms with Crippen LogP contribution in [0.25, 0.3) is 11.0 Å². The van der Waals surface area contributed by atoms with E-state index in [0.29, 0.717) is 27.5 Å². The smallest absolute Gasteiger partial charge is 0.323 e. The van der Waals surface area contributed by atoms with Crippen LogP contribution in [0, 0.1) is 0 Å². The third-order valence-corrected chi connectivity index (χ3v) is 5.66. The van der Waals surface area contributed by atoms with E-state index in [0.717, 1.165) is 4.31 Å². The zero-order valence-corrected chi connectivity index (χ0v) is 15.7. The summed E-state index contributed by atoms with van der Waals surface area (Å²) in [5, 5.41) is 6.24. The molecule has 26 heavy (non-hydrogen) atoms. The molecule has 3 rings (SSSR count). The lowest BCUT2D eigenvalue weighted by molar-refractivity contribution is 0.521. The van der Waals surface area contributed by atoms with Gasteiger partial charge in [0.2, 0.25) is 10.0 Å². The van der Waals surface area contributed by atoms with Crippen LogP contribution in [0.5, 0.6) is 0 Å². The number of fused-ring (bicyclic) bond motifs is 1. The van der Waals surface area contributed by atoms with E-state index in [4.69, 9.17) is 12.2 Å². The van der Waals surface area contributed by atoms with E-state index < -0.39 is 10.0 Å². The highest BCUT2D eigenvalue weighted by Crippen LogP contribution is 2.19. The topological polar surface area (TPSA) is 110 Å². The molecule has 0 spiro atoms. The maximum Gasteiger partial charge on any atom is 0.323 e. The summed E-state index contributed by atoms with van der Waals surface area (Å²) in [7, 11) is -0.573. The molecule has 2 aromatic carbocycles. The summed E-state index contributed by atoms with van der Waals surface area (Å²) in [6.07, 6.45) is 0. The molecule has 8 nitrogen and oxygen atoms in total. The number of anilines is 2.